The summed E-state index contributed by atoms with van der Waals surface area (Å²) < 4.78 is 10.5. The van der Waals surface area contributed by atoms with Gasteiger partial charge in [-0.1, -0.05) is 20.8 Å². The van der Waals surface area contributed by atoms with Gasteiger partial charge in [-0.15, -0.1) is 0 Å². The van der Waals surface area contributed by atoms with Crippen molar-refractivity contribution >= 4 is 11.9 Å². The summed E-state index contributed by atoms with van der Waals surface area (Å²) in [7, 11) is 3.87. The van der Waals surface area contributed by atoms with Gasteiger partial charge in [0.05, 0.1) is 13.2 Å². The number of amides is 1. The van der Waals surface area contributed by atoms with Crippen molar-refractivity contribution in [3.8, 4) is 0 Å². The molecule has 1 amide bonds. The zero-order valence-electron chi connectivity index (χ0n) is 13.3. The number of rotatable bonds is 3. The van der Waals surface area contributed by atoms with Crippen molar-refractivity contribution in [3.63, 3.8) is 0 Å². The molecule has 1 fully saturated rings. The Hall–Kier alpha value is -1.14. The van der Waals surface area contributed by atoms with Gasteiger partial charge in [-0.3, -0.25) is 0 Å². The van der Waals surface area contributed by atoms with Crippen LogP contribution in [-0.4, -0.2) is 75.3 Å². The van der Waals surface area contributed by atoms with Crippen molar-refractivity contribution in [2.75, 3.05) is 53.6 Å². The number of carbonyl (C=O) groups excluding carboxylic acids is 1. The lowest BCUT2D eigenvalue weighted by Gasteiger charge is -2.35. The molecule has 6 heteroatoms. The molecule has 0 N–H and O–H groups in total. The maximum atomic E-state index is 11.8. The Balaban J connectivity index is 2.67. The summed E-state index contributed by atoms with van der Waals surface area (Å²) in [6.45, 7) is 10.1. The van der Waals surface area contributed by atoms with Crippen molar-refractivity contribution < 1.29 is 14.3 Å². The number of likely N-dealkylation sites (N-methyl/N-ethyl adjacent to an activating group) is 1. The van der Waals surface area contributed by atoms with Gasteiger partial charge in [-0.05, 0) is 14.1 Å². The molecule has 0 atom stereocenters. The maximum absolute atomic E-state index is 11.8. The number of aliphatic imine (C=N–C) groups is 1. The average molecular weight is 285 g/mol. The summed E-state index contributed by atoms with van der Waals surface area (Å²) in [4.78, 5) is 20.1. The standard InChI is InChI=1S/C14H27N3O3/c1-14(2,3)12(17-7-9-19-10-8-17)15-13(18)20-11-6-16(4)5/h6-11H2,1-5H3/b15-12-. The first-order valence-corrected chi connectivity index (χ1v) is 7.04. The van der Waals surface area contributed by atoms with Gasteiger partial charge in [-0.2, -0.15) is 4.99 Å². The minimum Gasteiger partial charge on any atom is -0.447 e. The van der Waals surface area contributed by atoms with Crippen LogP contribution in [0.4, 0.5) is 4.79 Å². The monoisotopic (exact) mass is 285 g/mol. The van der Waals surface area contributed by atoms with Gasteiger partial charge in [-0.25, -0.2) is 4.79 Å². The van der Waals surface area contributed by atoms with Crippen LogP contribution in [0, 0.1) is 5.41 Å². The minimum atomic E-state index is -0.511. The van der Waals surface area contributed by atoms with E-state index in [9.17, 15) is 4.79 Å². The van der Waals surface area contributed by atoms with Gasteiger partial charge in [0.25, 0.3) is 0 Å². The van der Waals surface area contributed by atoms with Crippen molar-refractivity contribution in [3.05, 3.63) is 0 Å². The van der Waals surface area contributed by atoms with Crippen LogP contribution < -0.4 is 0 Å². The molecule has 6 nitrogen and oxygen atoms in total. The number of carbonyl (C=O) groups is 1. The number of nitrogens with zero attached hydrogens (tertiary/aromatic N) is 3. The molecular weight excluding hydrogens is 258 g/mol. The predicted molar refractivity (Wildman–Crippen MR) is 79.2 cm³/mol. The van der Waals surface area contributed by atoms with Crippen molar-refractivity contribution in [2.24, 2.45) is 10.4 Å². The largest absolute Gasteiger partial charge is 0.447 e. The third kappa shape index (κ3) is 5.88. The third-order valence-corrected chi connectivity index (χ3v) is 2.94. The Morgan fingerprint density at radius 2 is 1.90 bits per heavy atom. The van der Waals surface area contributed by atoms with Gasteiger partial charge in [0.15, 0.2) is 0 Å². The molecule has 0 aromatic rings. The van der Waals surface area contributed by atoms with E-state index in [1.165, 1.54) is 0 Å². The topological polar surface area (TPSA) is 54.4 Å². The quantitative estimate of drug-likeness (QED) is 0.580. The fourth-order valence-electron chi connectivity index (χ4n) is 1.92. The van der Waals surface area contributed by atoms with Crippen LogP contribution in [0.3, 0.4) is 0 Å². The molecule has 0 radical (unpaired) electrons. The summed E-state index contributed by atoms with van der Waals surface area (Å²) in [5, 5.41) is 0. The number of morpholine rings is 1. The molecule has 1 saturated heterocycles. The Morgan fingerprint density at radius 3 is 2.40 bits per heavy atom. The van der Waals surface area contributed by atoms with Gasteiger partial charge in [0.1, 0.15) is 12.4 Å². The van der Waals surface area contributed by atoms with Crippen LogP contribution in [0.15, 0.2) is 4.99 Å². The number of hydrogen-bond acceptors (Lipinski definition) is 4. The average Bonchev–Trinajstić information content (AvgIpc) is 2.35. The highest BCUT2D eigenvalue weighted by molar-refractivity contribution is 5.95. The van der Waals surface area contributed by atoms with Gasteiger partial charge in [0.2, 0.25) is 0 Å². The van der Waals surface area contributed by atoms with Gasteiger partial charge >= 0.3 is 6.09 Å². The molecule has 0 unspecified atom stereocenters. The normalized spacial score (nSPS) is 17.5. The lowest BCUT2D eigenvalue weighted by Crippen LogP contribution is -2.46. The van der Waals surface area contributed by atoms with E-state index in [4.69, 9.17) is 9.47 Å². The van der Waals surface area contributed by atoms with E-state index in [0.717, 1.165) is 18.9 Å². The number of ether oxygens (including phenoxy) is 2. The van der Waals surface area contributed by atoms with Gasteiger partial charge < -0.3 is 19.3 Å². The van der Waals surface area contributed by atoms with E-state index in [-0.39, 0.29) is 5.41 Å². The summed E-state index contributed by atoms with van der Waals surface area (Å²) >= 11 is 0. The Kier molecular flexibility index (Phi) is 6.42. The molecule has 0 spiro atoms. The Labute approximate surface area is 121 Å². The zero-order chi connectivity index (χ0) is 15.2. The molecule has 1 aliphatic rings. The third-order valence-electron chi connectivity index (χ3n) is 2.94. The highest BCUT2D eigenvalue weighted by Crippen LogP contribution is 2.20. The van der Waals surface area contributed by atoms with Crippen LogP contribution >= 0.6 is 0 Å². The molecule has 0 aromatic carbocycles. The highest BCUT2D eigenvalue weighted by atomic mass is 16.5. The van der Waals surface area contributed by atoms with E-state index in [1.807, 2.05) is 39.8 Å². The van der Waals surface area contributed by atoms with Crippen molar-refractivity contribution in [1.29, 1.82) is 0 Å². The predicted octanol–water partition coefficient (Wildman–Crippen LogP) is 1.46. The van der Waals surface area contributed by atoms with Crippen LogP contribution in [0.2, 0.25) is 0 Å². The highest BCUT2D eigenvalue weighted by Gasteiger charge is 2.27. The van der Waals surface area contributed by atoms with Crippen LogP contribution in [0.5, 0.6) is 0 Å². The molecule has 1 rings (SSSR count). The maximum Gasteiger partial charge on any atom is 0.435 e. The summed E-state index contributed by atoms with van der Waals surface area (Å²) in [5.41, 5.74) is -0.197. The van der Waals surface area contributed by atoms with Crippen LogP contribution in [0.1, 0.15) is 20.8 Å². The lowest BCUT2D eigenvalue weighted by molar-refractivity contribution is 0.0642. The van der Waals surface area contributed by atoms with Crippen LogP contribution in [0.25, 0.3) is 0 Å². The van der Waals surface area contributed by atoms with E-state index in [1.54, 1.807) is 0 Å². The van der Waals surface area contributed by atoms with E-state index >= 15 is 0 Å². The van der Waals surface area contributed by atoms with Crippen molar-refractivity contribution in [1.82, 2.24) is 9.80 Å². The van der Waals surface area contributed by atoms with Gasteiger partial charge in [0, 0.05) is 25.0 Å². The second-order valence-electron chi connectivity index (χ2n) is 6.20. The first-order chi connectivity index (χ1) is 9.30. The Bertz CT molecular complexity index is 342. The lowest BCUT2D eigenvalue weighted by atomic mass is 9.93. The smallest absolute Gasteiger partial charge is 0.435 e. The molecule has 1 heterocycles. The molecular formula is C14H27N3O3. The van der Waals surface area contributed by atoms with E-state index in [2.05, 4.69) is 9.89 Å². The molecule has 0 aliphatic carbocycles. The van der Waals surface area contributed by atoms with E-state index in [0.29, 0.717) is 26.4 Å². The van der Waals surface area contributed by atoms with Crippen LogP contribution in [-0.2, 0) is 9.47 Å². The molecule has 0 aromatic heterocycles. The van der Waals surface area contributed by atoms with E-state index < -0.39 is 6.09 Å². The minimum absolute atomic E-state index is 0.197. The Morgan fingerprint density at radius 1 is 1.30 bits per heavy atom. The number of amidine groups is 1. The van der Waals surface area contributed by atoms with Crippen molar-refractivity contribution in [2.45, 2.75) is 20.8 Å². The molecule has 20 heavy (non-hydrogen) atoms. The first kappa shape index (κ1) is 16.9. The second kappa shape index (κ2) is 7.59. The number of hydrogen-bond donors (Lipinski definition) is 0. The molecule has 1 aliphatic heterocycles. The summed E-state index contributed by atoms with van der Waals surface area (Å²) in [6, 6.07) is 0. The fourth-order valence-corrected chi connectivity index (χ4v) is 1.92. The zero-order valence-corrected chi connectivity index (χ0v) is 13.3. The summed E-state index contributed by atoms with van der Waals surface area (Å²) in [5.74, 6) is 0.774. The molecule has 116 valence electrons. The SMILES string of the molecule is CN(C)CCOC(=O)/N=C(\N1CCOCC1)C(C)(C)C. The summed E-state index contributed by atoms with van der Waals surface area (Å²) in [6.07, 6.45) is -0.511. The first-order valence-electron chi connectivity index (χ1n) is 7.04. The molecule has 0 saturated carbocycles. The fraction of sp³-hybridized carbons (Fsp3) is 0.857. The second-order valence-corrected chi connectivity index (χ2v) is 6.20. The molecule has 0 bridgehead atoms.